The van der Waals surface area contributed by atoms with Crippen LogP contribution in [0.5, 0.6) is 0 Å². The van der Waals surface area contributed by atoms with Crippen LogP contribution in [0.25, 0.3) is 0 Å². The third-order valence-electron chi connectivity index (χ3n) is 4.00. The van der Waals surface area contributed by atoms with Crippen molar-refractivity contribution in [2.75, 3.05) is 24.6 Å². The van der Waals surface area contributed by atoms with Crippen LogP contribution < -0.4 is 0 Å². The first-order valence-corrected chi connectivity index (χ1v) is 8.36. The van der Waals surface area contributed by atoms with E-state index < -0.39 is 9.84 Å². The summed E-state index contributed by atoms with van der Waals surface area (Å²) in [6.45, 7) is 3.10. The van der Waals surface area contributed by atoms with E-state index in [-0.39, 0.29) is 35.4 Å². The zero-order valence-corrected chi connectivity index (χ0v) is 11.5. The van der Waals surface area contributed by atoms with Gasteiger partial charge in [0.1, 0.15) is 0 Å². The fraction of sp³-hybridized carbons (Fsp3) is 0.917. The molecule has 0 aromatic carbocycles. The molecule has 2 rings (SSSR count). The highest BCUT2D eigenvalue weighted by Gasteiger charge is 2.32. The number of aliphatic hydroxyl groups excluding tert-OH is 1. The first kappa shape index (κ1) is 13.8. The van der Waals surface area contributed by atoms with Gasteiger partial charge in [0.05, 0.1) is 17.6 Å². The summed E-state index contributed by atoms with van der Waals surface area (Å²) in [5.41, 5.74) is 0. The number of carbonyl (C=O) groups excluding carboxylic acids is 1. The minimum absolute atomic E-state index is 0.00958. The van der Waals surface area contributed by atoms with Crippen molar-refractivity contribution >= 4 is 15.7 Å². The van der Waals surface area contributed by atoms with Gasteiger partial charge in [0.15, 0.2) is 9.84 Å². The van der Waals surface area contributed by atoms with E-state index in [1.54, 1.807) is 4.90 Å². The summed E-state index contributed by atoms with van der Waals surface area (Å²) in [4.78, 5) is 13.8. The Hall–Kier alpha value is -0.620. The second kappa shape index (κ2) is 5.17. The van der Waals surface area contributed by atoms with Crippen LogP contribution >= 0.6 is 0 Å². The molecule has 2 fully saturated rings. The molecule has 0 aliphatic carbocycles. The normalized spacial score (nSPS) is 35.7. The smallest absolute Gasteiger partial charge is 0.222 e. The van der Waals surface area contributed by atoms with E-state index in [1.165, 1.54) is 0 Å². The van der Waals surface area contributed by atoms with Crippen molar-refractivity contribution in [1.29, 1.82) is 0 Å². The van der Waals surface area contributed by atoms with Crippen molar-refractivity contribution in [3.05, 3.63) is 0 Å². The third-order valence-corrected chi connectivity index (χ3v) is 5.84. The molecule has 5 nitrogen and oxygen atoms in total. The van der Waals surface area contributed by atoms with Crippen molar-refractivity contribution in [2.24, 2.45) is 11.8 Å². The van der Waals surface area contributed by atoms with Crippen LogP contribution in [-0.4, -0.2) is 55.0 Å². The molecule has 2 heterocycles. The van der Waals surface area contributed by atoms with Gasteiger partial charge in [-0.1, -0.05) is 6.92 Å². The number of likely N-dealkylation sites (tertiary alicyclic amines) is 1. The van der Waals surface area contributed by atoms with Crippen molar-refractivity contribution in [3.8, 4) is 0 Å². The molecular formula is C12H21NO4S. The fourth-order valence-electron chi connectivity index (χ4n) is 2.77. The average molecular weight is 275 g/mol. The lowest BCUT2D eigenvalue weighted by molar-refractivity contribution is -0.135. The van der Waals surface area contributed by atoms with Crippen LogP contribution in [0.4, 0.5) is 0 Å². The van der Waals surface area contributed by atoms with Gasteiger partial charge >= 0.3 is 0 Å². The Balaban J connectivity index is 1.85. The number of carbonyl (C=O) groups is 1. The van der Waals surface area contributed by atoms with Crippen LogP contribution in [0.15, 0.2) is 0 Å². The molecule has 2 aliphatic heterocycles. The minimum atomic E-state index is -2.90. The number of amides is 1. The van der Waals surface area contributed by atoms with E-state index in [0.29, 0.717) is 32.4 Å². The molecule has 3 atom stereocenters. The number of hydrogen-bond donors (Lipinski definition) is 1. The molecule has 2 saturated heterocycles. The summed E-state index contributed by atoms with van der Waals surface area (Å²) in [6, 6.07) is 0. The third kappa shape index (κ3) is 3.23. The summed E-state index contributed by atoms with van der Waals surface area (Å²) < 4.78 is 22.7. The number of aliphatic hydroxyl groups is 1. The number of rotatable bonds is 2. The summed E-state index contributed by atoms with van der Waals surface area (Å²) in [6.07, 6.45) is 1.25. The van der Waals surface area contributed by atoms with Gasteiger partial charge in [-0.05, 0) is 24.7 Å². The van der Waals surface area contributed by atoms with Gasteiger partial charge in [0, 0.05) is 19.5 Å². The maximum Gasteiger partial charge on any atom is 0.222 e. The largest absolute Gasteiger partial charge is 0.393 e. The Bertz CT molecular complexity index is 420. The Labute approximate surface area is 108 Å². The number of sulfone groups is 1. The molecule has 0 saturated carbocycles. The van der Waals surface area contributed by atoms with Crippen LogP contribution in [-0.2, 0) is 14.6 Å². The first-order valence-electron chi connectivity index (χ1n) is 6.53. The molecule has 0 aromatic heterocycles. The van der Waals surface area contributed by atoms with E-state index in [9.17, 15) is 18.3 Å². The quantitative estimate of drug-likeness (QED) is 0.772. The lowest BCUT2D eigenvalue weighted by atomic mass is 9.95. The SMILES string of the molecule is CC1CN(C(=O)CC2CCS(=O)(=O)C2)CCC1O. The van der Waals surface area contributed by atoms with Gasteiger partial charge in [0.2, 0.25) is 5.91 Å². The van der Waals surface area contributed by atoms with Crippen molar-refractivity contribution in [1.82, 2.24) is 4.90 Å². The summed E-state index contributed by atoms with van der Waals surface area (Å²) >= 11 is 0. The molecule has 1 N–H and O–H groups in total. The highest BCUT2D eigenvalue weighted by molar-refractivity contribution is 7.91. The Kier molecular flexibility index (Phi) is 3.96. The van der Waals surface area contributed by atoms with E-state index in [4.69, 9.17) is 0 Å². The van der Waals surface area contributed by atoms with Gasteiger partial charge < -0.3 is 10.0 Å². The van der Waals surface area contributed by atoms with Crippen LogP contribution in [0, 0.1) is 11.8 Å². The molecule has 6 heteroatoms. The van der Waals surface area contributed by atoms with Crippen molar-refractivity contribution in [2.45, 2.75) is 32.3 Å². The van der Waals surface area contributed by atoms with E-state index in [2.05, 4.69) is 0 Å². The monoisotopic (exact) mass is 275 g/mol. The van der Waals surface area contributed by atoms with E-state index in [1.807, 2.05) is 6.92 Å². The van der Waals surface area contributed by atoms with Crippen molar-refractivity contribution in [3.63, 3.8) is 0 Å². The molecule has 3 unspecified atom stereocenters. The molecule has 2 aliphatic rings. The second-order valence-electron chi connectivity index (χ2n) is 5.65. The summed E-state index contributed by atoms with van der Waals surface area (Å²) in [5.74, 6) is 0.515. The topological polar surface area (TPSA) is 74.7 Å². The minimum Gasteiger partial charge on any atom is -0.393 e. The first-order chi connectivity index (χ1) is 8.37. The van der Waals surface area contributed by atoms with Crippen LogP contribution in [0.3, 0.4) is 0 Å². The molecule has 104 valence electrons. The summed E-state index contributed by atoms with van der Waals surface area (Å²) in [7, 11) is -2.90. The zero-order chi connectivity index (χ0) is 13.3. The Morgan fingerprint density at radius 1 is 1.39 bits per heavy atom. The summed E-state index contributed by atoms with van der Waals surface area (Å²) in [5, 5.41) is 9.61. The maximum absolute atomic E-state index is 12.1. The predicted octanol–water partition coefficient (Wildman–Crippen LogP) is 0.0405. The predicted molar refractivity (Wildman–Crippen MR) is 67.7 cm³/mol. The lowest BCUT2D eigenvalue weighted by Gasteiger charge is -2.34. The van der Waals surface area contributed by atoms with Gasteiger partial charge in [-0.2, -0.15) is 0 Å². The number of nitrogens with zero attached hydrogens (tertiary/aromatic N) is 1. The zero-order valence-electron chi connectivity index (χ0n) is 10.7. The lowest BCUT2D eigenvalue weighted by Crippen LogP contribution is -2.45. The number of piperidine rings is 1. The fourth-order valence-corrected chi connectivity index (χ4v) is 4.63. The maximum atomic E-state index is 12.1. The molecule has 0 aromatic rings. The molecule has 0 bridgehead atoms. The van der Waals surface area contributed by atoms with Gasteiger partial charge in [-0.3, -0.25) is 4.79 Å². The van der Waals surface area contributed by atoms with Gasteiger partial charge in [-0.25, -0.2) is 8.42 Å². The van der Waals surface area contributed by atoms with E-state index >= 15 is 0 Å². The van der Waals surface area contributed by atoms with Crippen LogP contribution in [0.2, 0.25) is 0 Å². The van der Waals surface area contributed by atoms with Gasteiger partial charge in [-0.15, -0.1) is 0 Å². The van der Waals surface area contributed by atoms with Crippen molar-refractivity contribution < 1.29 is 18.3 Å². The van der Waals surface area contributed by atoms with Gasteiger partial charge in [0.25, 0.3) is 0 Å². The Morgan fingerprint density at radius 3 is 2.67 bits per heavy atom. The molecular weight excluding hydrogens is 254 g/mol. The highest BCUT2D eigenvalue weighted by atomic mass is 32.2. The Morgan fingerprint density at radius 2 is 2.11 bits per heavy atom. The molecule has 18 heavy (non-hydrogen) atoms. The van der Waals surface area contributed by atoms with Crippen LogP contribution in [0.1, 0.15) is 26.2 Å². The molecule has 1 amide bonds. The molecule has 0 spiro atoms. The molecule has 0 radical (unpaired) electrons. The highest BCUT2D eigenvalue weighted by Crippen LogP contribution is 2.24. The average Bonchev–Trinajstić information content (AvgIpc) is 2.62. The number of hydrogen-bond acceptors (Lipinski definition) is 4. The second-order valence-corrected chi connectivity index (χ2v) is 7.87. The standard InChI is InChI=1S/C12H21NO4S/c1-9-7-13(4-2-11(9)14)12(15)6-10-3-5-18(16,17)8-10/h9-11,14H,2-8H2,1H3. The van der Waals surface area contributed by atoms with E-state index in [0.717, 1.165) is 0 Å².